The Kier molecular flexibility index (Phi) is 4.93. The molecule has 0 aromatic rings. The summed E-state index contributed by atoms with van der Waals surface area (Å²) in [6.45, 7) is 3.99. The first-order chi connectivity index (χ1) is 5.20. The molecule has 0 saturated carbocycles. The normalized spacial score (nSPS) is 11.0. The average Bonchev–Trinajstić information content (AvgIpc) is 1.97. The molecule has 0 aromatic heterocycles. The van der Waals surface area contributed by atoms with Gasteiger partial charge < -0.3 is 5.32 Å². The molecule has 0 bridgehead atoms. The van der Waals surface area contributed by atoms with E-state index in [1.165, 1.54) is 5.57 Å². The lowest BCUT2D eigenvalue weighted by Crippen LogP contribution is -2.25. The van der Waals surface area contributed by atoms with Crippen LogP contribution in [-0.4, -0.2) is 12.5 Å². The highest BCUT2D eigenvalue weighted by Crippen LogP contribution is 1.96. The lowest BCUT2D eigenvalue weighted by Gasteiger charge is -2.04. The Bertz CT molecular complexity index is 184. The first-order valence-electron chi connectivity index (χ1n) is 3.50. The summed E-state index contributed by atoms with van der Waals surface area (Å²) in [6, 6.07) is -0.164. The SMILES string of the molecule is C#CC(CC=C(C)C)NC=O. The molecular formula is C9H13NO. The summed E-state index contributed by atoms with van der Waals surface area (Å²) in [4.78, 5) is 9.99. The van der Waals surface area contributed by atoms with E-state index >= 15 is 0 Å². The van der Waals surface area contributed by atoms with Gasteiger partial charge in [-0.2, -0.15) is 0 Å². The fourth-order valence-corrected chi connectivity index (χ4v) is 0.620. The first-order valence-corrected chi connectivity index (χ1v) is 3.50. The molecule has 0 aliphatic rings. The largest absolute Gasteiger partial charge is 0.345 e. The lowest BCUT2D eigenvalue weighted by atomic mass is 10.2. The van der Waals surface area contributed by atoms with Crippen molar-refractivity contribution in [2.75, 3.05) is 0 Å². The molecule has 0 aliphatic carbocycles. The third kappa shape index (κ3) is 5.23. The molecule has 0 saturated heterocycles. The Morgan fingerprint density at radius 1 is 1.73 bits per heavy atom. The summed E-state index contributed by atoms with van der Waals surface area (Å²) in [5, 5.41) is 2.53. The molecule has 1 amide bonds. The van der Waals surface area contributed by atoms with Crippen LogP contribution in [0.25, 0.3) is 0 Å². The van der Waals surface area contributed by atoms with Crippen molar-refractivity contribution in [2.24, 2.45) is 0 Å². The van der Waals surface area contributed by atoms with Crippen molar-refractivity contribution in [1.29, 1.82) is 0 Å². The monoisotopic (exact) mass is 151 g/mol. The van der Waals surface area contributed by atoms with Gasteiger partial charge in [-0.15, -0.1) is 6.42 Å². The maximum absolute atomic E-state index is 9.99. The number of rotatable bonds is 4. The third-order valence-corrected chi connectivity index (χ3v) is 1.23. The van der Waals surface area contributed by atoms with Crippen LogP contribution in [0.3, 0.4) is 0 Å². The molecule has 60 valence electrons. The predicted molar refractivity (Wildman–Crippen MR) is 45.9 cm³/mol. The van der Waals surface area contributed by atoms with Crippen LogP contribution in [0, 0.1) is 12.3 Å². The van der Waals surface area contributed by atoms with Crippen molar-refractivity contribution in [2.45, 2.75) is 26.3 Å². The molecule has 0 radical (unpaired) electrons. The van der Waals surface area contributed by atoms with Gasteiger partial charge >= 0.3 is 0 Å². The van der Waals surface area contributed by atoms with E-state index in [9.17, 15) is 4.79 Å². The van der Waals surface area contributed by atoms with Crippen LogP contribution in [0.15, 0.2) is 11.6 Å². The Morgan fingerprint density at radius 3 is 2.73 bits per heavy atom. The van der Waals surface area contributed by atoms with Gasteiger partial charge in [0.05, 0.1) is 6.04 Å². The first kappa shape index (κ1) is 9.77. The number of allylic oxidation sites excluding steroid dienone is 1. The molecule has 1 unspecified atom stereocenters. The van der Waals surface area contributed by atoms with Crippen LogP contribution >= 0.6 is 0 Å². The lowest BCUT2D eigenvalue weighted by molar-refractivity contribution is -0.109. The second-order valence-electron chi connectivity index (χ2n) is 2.52. The minimum absolute atomic E-state index is 0.164. The maximum Gasteiger partial charge on any atom is 0.208 e. The van der Waals surface area contributed by atoms with Crippen molar-refractivity contribution in [3.63, 3.8) is 0 Å². The molecule has 11 heavy (non-hydrogen) atoms. The minimum atomic E-state index is -0.164. The van der Waals surface area contributed by atoms with Gasteiger partial charge in [0.1, 0.15) is 0 Å². The Hall–Kier alpha value is -1.23. The predicted octanol–water partition coefficient (Wildman–Crippen LogP) is 1.09. The van der Waals surface area contributed by atoms with E-state index in [-0.39, 0.29) is 6.04 Å². The van der Waals surface area contributed by atoms with Crippen molar-refractivity contribution in [3.05, 3.63) is 11.6 Å². The van der Waals surface area contributed by atoms with Gasteiger partial charge in [0.15, 0.2) is 0 Å². The highest BCUT2D eigenvalue weighted by molar-refractivity contribution is 5.47. The number of hydrogen-bond donors (Lipinski definition) is 1. The topological polar surface area (TPSA) is 29.1 Å². The molecule has 1 atom stereocenters. The molecule has 0 aliphatic heterocycles. The van der Waals surface area contributed by atoms with Gasteiger partial charge in [-0.1, -0.05) is 17.6 Å². The standard InChI is InChI=1S/C9H13NO/c1-4-9(10-7-11)6-5-8(2)3/h1,5,7,9H,6H2,2-3H3,(H,10,11). The van der Waals surface area contributed by atoms with Gasteiger partial charge in [-0.3, -0.25) is 4.79 Å². The van der Waals surface area contributed by atoms with E-state index in [1.54, 1.807) is 0 Å². The Morgan fingerprint density at radius 2 is 2.36 bits per heavy atom. The van der Waals surface area contributed by atoms with E-state index in [4.69, 9.17) is 6.42 Å². The summed E-state index contributed by atoms with van der Waals surface area (Å²) in [6.07, 6.45) is 8.48. The van der Waals surface area contributed by atoms with Crippen LogP contribution in [0.2, 0.25) is 0 Å². The smallest absolute Gasteiger partial charge is 0.208 e. The number of nitrogens with one attached hydrogen (secondary N) is 1. The van der Waals surface area contributed by atoms with E-state index in [0.717, 1.165) is 0 Å². The zero-order chi connectivity index (χ0) is 8.69. The third-order valence-electron chi connectivity index (χ3n) is 1.23. The van der Waals surface area contributed by atoms with Gasteiger partial charge in [-0.25, -0.2) is 0 Å². The number of terminal acetylenes is 1. The van der Waals surface area contributed by atoms with Gasteiger partial charge in [0.25, 0.3) is 0 Å². The Labute approximate surface area is 67.7 Å². The number of hydrogen-bond acceptors (Lipinski definition) is 1. The highest BCUT2D eigenvalue weighted by Gasteiger charge is 1.97. The van der Waals surface area contributed by atoms with Crippen molar-refractivity contribution in [3.8, 4) is 12.3 Å². The molecular weight excluding hydrogens is 138 g/mol. The van der Waals surface area contributed by atoms with Crippen molar-refractivity contribution < 1.29 is 4.79 Å². The van der Waals surface area contributed by atoms with E-state index in [2.05, 4.69) is 11.2 Å². The second-order valence-corrected chi connectivity index (χ2v) is 2.52. The van der Waals surface area contributed by atoms with Crippen LogP contribution < -0.4 is 5.32 Å². The highest BCUT2D eigenvalue weighted by atomic mass is 16.1. The molecule has 0 rings (SSSR count). The summed E-state index contributed by atoms with van der Waals surface area (Å²) in [7, 11) is 0. The summed E-state index contributed by atoms with van der Waals surface area (Å²) in [5.41, 5.74) is 1.21. The number of carbonyl (C=O) groups excluding carboxylic acids is 1. The quantitative estimate of drug-likeness (QED) is 0.364. The average molecular weight is 151 g/mol. The van der Waals surface area contributed by atoms with Crippen molar-refractivity contribution in [1.82, 2.24) is 5.32 Å². The molecule has 2 nitrogen and oxygen atoms in total. The second kappa shape index (κ2) is 5.55. The maximum atomic E-state index is 9.99. The molecule has 0 fully saturated rings. The van der Waals surface area contributed by atoms with Gasteiger partial charge in [-0.05, 0) is 20.3 Å². The van der Waals surface area contributed by atoms with Crippen LogP contribution in [0.1, 0.15) is 20.3 Å². The minimum Gasteiger partial charge on any atom is -0.345 e. The molecule has 0 heterocycles. The molecule has 2 heteroatoms. The molecule has 1 N–H and O–H groups in total. The summed E-state index contributed by atoms with van der Waals surface area (Å²) in [5.74, 6) is 2.47. The fourth-order valence-electron chi connectivity index (χ4n) is 0.620. The zero-order valence-corrected chi connectivity index (χ0v) is 6.92. The van der Waals surface area contributed by atoms with Crippen LogP contribution in [0.5, 0.6) is 0 Å². The van der Waals surface area contributed by atoms with Crippen molar-refractivity contribution >= 4 is 6.41 Å². The van der Waals surface area contributed by atoms with E-state index in [1.807, 2.05) is 19.9 Å². The van der Waals surface area contributed by atoms with Gasteiger partial charge in [0, 0.05) is 0 Å². The van der Waals surface area contributed by atoms with E-state index < -0.39 is 0 Å². The van der Waals surface area contributed by atoms with Crippen LogP contribution in [-0.2, 0) is 4.79 Å². The number of amides is 1. The van der Waals surface area contributed by atoms with Gasteiger partial charge in [0.2, 0.25) is 6.41 Å². The summed E-state index contributed by atoms with van der Waals surface area (Å²) >= 11 is 0. The molecule has 0 aromatic carbocycles. The van der Waals surface area contributed by atoms with Crippen LogP contribution in [0.4, 0.5) is 0 Å². The fraction of sp³-hybridized carbons (Fsp3) is 0.444. The Balaban J connectivity index is 3.81. The molecule has 0 spiro atoms. The summed E-state index contributed by atoms with van der Waals surface area (Å²) < 4.78 is 0. The van der Waals surface area contributed by atoms with E-state index in [0.29, 0.717) is 12.8 Å². The zero-order valence-electron chi connectivity index (χ0n) is 6.92. The number of carbonyl (C=O) groups is 1.